The predicted molar refractivity (Wildman–Crippen MR) is 94.4 cm³/mol. The summed E-state index contributed by atoms with van der Waals surface area (Å²) >= 11 is 0. The van der Waals surface area contributed by atoms with Gasteiger partial charge in [0.1, 0.15) is 5.75 Å². The van der Waals surface area contributed by atoms with Crippen LogP contribution in [-0.2, 0) is 19.3 Å². The first-order valence-electron chi connectivity index (χ1n) is 8.33. The van der Waals surface area contributed by atoms with Gasteiger partial charge < -0.3 is 5.11 Å². The Morgan fingerprint density at radius 1 is 0.773 bits per heavy atom. The van der Waals surface area contributed by atoms with Crippen LogP contribution >= 0.6 is 0 Å². The second-order valence-corrected chi connectivity index (χ2v) is 7.12. The largest absolute Gasteiger partial charge is 0.507 e. The molecule has 0 saturated heterocycles. The van der Waals surface area contributed by atoms with Crippen molar-refractivity contribution in [2.24, 2.45) is 11.8 Å². The molecule has 22 heavy (non-hydrogen) atoms. The highest BCUT2D eigenvalue weighted by atomic mass is 16.3. The first-order valence-corrected chi connectivity index (χ1v) is 8.33. The fraction of sp³-hybridized carbons (Fsp3) is 0.429. The van der Waals surface area contributed by atoms with Gasteiger partial charge in [0.25, 0.3) is 0 Å². The molecule has 2 aromatic carbocycles. The molecule has 0 spiro atoms. The number of hydrogen-bond donors (Lipinski definition) is 1. The summed E-state index contributed by atoms with van der Waals surface area (Å²) in [5.74, 6) is 1.66. The molecule has 0 bridgehead atoms. The van der Waals surface area contributed by atoms with E-state index in [2.05, 4.69) is 64.1 Å². The zero-order chi connectivity index (χ0) is 16.1. The average Bonchev–Trinajstić information content (AvgIpc) is 2.44. The standard InChI is InChI=1S/C21H28O/c1-15(2)10-18-13-19(11-16(3)4)21(22)20(14-18)12-17-8-6-5-7-9-17/h5-9,13-16,22H,10-12H2,1-4H3. The number of hydrogen-bond acceptors (Lipinski definition) is 1. The van der Waals surface area contributed by atoms with Gasteiger partial charge in [-0.05, 0) is 46.9 Å². The molecule has 118 valence electrons. The van der Waals surface area contributed by atoms with Gasteiger partial charge in [0, 0.05) is 6.42 Å². The van der Waals surface area contributed by atoms with Crippen LogP contribution in [0, 0.1) is 11.8 Å². The lowest BCUT2D eigenvalue weighted by molar-refractivity contribution is 0.456. The van der Waals surface area contributed by atoms with Crippen molar-refractivity contribution in [3.63, 3.8) is 0 Å². The van der Waals surface area contributed by atoms with Crippen LogP contribution < -0.4 is 0 Å². The number of phenols is 1. The monoisotopic (exact) mass is 296 g/mol. The Bertz CT molecular complexity index is 597. The molecular formula is C21H28O. The van der Waals surface area contributed by atoms with E-state index in [0.717, 1.165) is 30.4 Å². The molecule has 0 aliphatic carbocycles. The number of aromatic hydroxyl groups is 1. The molecule has 0 atom stereocenters. The summed E-state index contributed by atoms with van der Waals surface area (Å²) in [6.07, 6.45) is 2.79. The zero-order valence-corrected chi connectivity index (χ0v) is 14.3. The van der Waals surface area contributed by atoms with E-state index < -0.39 is 0 Å². The lowest BCUT2D eigenvalue weighted by atomic mass is 9.91. The van der Waals surface area contributed by atoms with Crippen LogP contribution in [-0.4, -0.2) is 5.11 Å². The molecule has 2 aromatic rings. The van der Waals surface area contributed by atoms with Crippen LogP contribution in [0.3, 0.4) is 0 Å². The maximum Gasteiger partial charge on any atom is 0.122 e. The minimum atomic E-state index is 0.491. The van der Waals surface area contributed by atoms with Gasteiger partial charge in [-0.15, -0.1) is 0 Å². The summed E-state index contributed by atoms with van der Waals surface area (Å²) in [7, 11) is 0. The van der Waals surface area contributed by atoms with Gasteiger partial charge in [-0.2, -0.15) is 0 Å². The maximum atomic E-state index is 10.7. The van der Waals surface area contributed by atoms with Crippen LogP contribution in [0.15, 0.2) is 42.5 Å². The minimum absolute atomic E-state index is 0.491. The van der Waals surface area contributed by atoms with Crippen molar-refractivity contribution < 1.29 is 5.11 Å². The van der Waals surface area contributed by atoms with Gasteiger partial charge in [-0.3, -0.25) is 0 Å². The van der Waals surface area contributed by atoms with E-state index in [1.807, 2.05) is 6.07 Å². The van der Waals surface area contributed by atoms with Gasteiger partial charge in [-0.1, -0.05) is 70.2 Å². The quantitative estimate of drug-likeness (QED) is 0.758. The van der Waals surface area contributed by atoms with Crippen molar-refractivity contribution in [3.8, 4) is 5.75 Å². The lowest BCUT2D eigenvalue weighted by Gasteiger charge is -2.16. The predicted octanol–water partition coefficient (Wildman–Crippen LogP) is 5.38. The van der Waals surface area contributed by atoms with E-state index in [9.17, 15) is 5.11 Å². The summed E-state index contributed by atoms with van der Waals surface area (Å²) in [6, 6.07) is 14.8. The smallest absolute Gasteiger partial charge is 0.122 e. The van der Waals surface area contributed by atoms with Gasteiger partial charge in [0.05, 0.1) is 0 Å². The van der Waals surface area contributed by atoms with Gasteiger partial charge in [0.15, 0.2) is 0 Å². The van der Waals surface area contributed by atoms with E-state index in [1.165, 1.54) is 11.1 Å². The summed E-state index contributed by atoms with van der Waals surface area (Å²) < 4.78 is 0. The van der Waals surface area contributed by atoms with Crippen molar-refractivity contribution in [1.82, 2.24) is 0 Å². The average molecular weight is 296 g/mol. The van der Waals surface area contributed by atoms with Crippen LogP contribution in [0.1, 0.15) is 49.9 Å². The Hall–Kier alpha value is -1.76. The van der Waals surface area contributed by atoms with E-state index in [-0.39, 0.29) is 0 Å². The van der Waals surface area contributed by atoms with Crippen LogP contribution in [0.2, 0.25) is 0 Å². The minimum Gasteiger partial charge on any atom is -0.507 e. The van der Waals surface area contributed by atoms with Crippen molar-refractivity contribution in [2.75, 3.05) is 0 Å². The highest BCUT2D eigenvalue weighted by molar-refractivity contribution is 5.46. The van der Waals surface area contributed by atoms with E-state index in [4.69, 9.17) is 0 Å². The molecule has 0 heterocycles. The molecule has 0 radical (unpaired) electrons. The molecule has 1 nitrogen and oxygen atoms in total. The molecule has 0 unspecified atom stereocenters. The maximum absolute atomic E-state index is 10.7. The summed E-state index contributed by atoms with van der Waals surface area (Å²) in [6.45, 7) is 8.88. The first-order chi connectivity index (χ1) is 10.5. The van der Waals surface area contributed by atoms with Gasteiger partial charge in [0.2, 0.25) is 0 Å². The number of phenolic OH excluding ortho intramolecular Hbond substituents is 1. The molecule has 2 rings (SSSR count). The second-order valence-electron chi connectivity index (χ2n) is 7.12. The third-order valence-corrected chi connectivity index (χ3v) is 3.84. The zero-order valence-electron chi connectivity index (χ0n) is 14.3. The fourth-order valence-electron chi connectivity index (χ4n) is 2.97. The highest BCUT2D eigenvalue weighted by Crippen LogP contribution is 2.30. The molecule has 0 fully saturated rings. The second kappa shape index (κ2) is 7.49. The van der Waals surface area contributed by atoms with E-state index in [1.54, 1.807) is 0 Å². The summed E-state index contributed by atoms with van der Waals surface area (Å²) in [4.78, 5) is 0. The Labute approximate surface area is 135 Å². The fourth-order valence-corrected chi connectivity index (χ4v) is 2.97. The summed E-state index contributed by atoms with van der Waals surface area (Å²) in [5, 5.41) is 10.7. The Morgan fingerprint density at radius 3 is 1.95 bits per heavy atom. The normalized spacial score (nSPS) is 11.4. The van der Waals surface area contributed by atoms with Crippen LogP contribution in [0.25, 0.3) is 0 Å². The molecule has 1 N–H and O–H groups in total. The topological polar surface area (TPSA) is 20.2 Å². The van der Waals surface area contributed by atoms with Gasteiger partial charge in [-0.25, -0.2) is 0 Å². The van der Waals surface area contributed by atoms with E-state index >= 15 is 0 Å². The van der Waals surface area contributed by atoms with Crippen molar-refractivity contribution in [2.45, 2.75) is 47.0 Å². The highest BCUT2D eigenvalue weighted by Gasteiger charge is 2.12. The van der Waals surface area contributed by atoms with E-state index in [0.29, 0.717) is 17.6 Å². The molecule has 1 heteroatoms. The van der Waals surface area contributed by atoms with Crippen molar-refractivity contribution >= 4 is 0 Å². The molecular weight excluding hydrogens is 268 g/mol. The van der Waals surface area contributed by atoms with Gasteiger partial charge >= 0.3 is 0 Å². The first kappa shape index (κ1) is 16.6. The Balaban J connectivity index is 2.37. The van der Waals surface area contributed by atoms with Crippen molar-refractivity contribution in [3.05, 3.63) is 64.7 Å². The van der Waals surface area contributed by atoms with Crippen LogP contribution in [0.5, 0.6) is 5.75 Å². The number of benzene rings is 2. The Kier molecular flexibility index (Phi) is 5.65. The molecule has 0 aliphatic rings. The number of rotatable bonds is 6. The third-order valence-electron chi connectivity index (χ3n) is 3.84. The lowest BCUT2D eigenvalue weighted by Crippen LogP contribution is -2.02. The SMILES string of the molecule is CC(C)Cc1cc(Cc2ccccc2)c(O)c(CC(C)C)c1. The molecule has 0 amide bonds. The van der Waals surface area contributed by atoms with Crippen molar-refractivity contribution in [1.29, 1.82) is 0 Å². The van der Waals surface area contributed by atoms with Crippen LogP contribution in [0.4, 0.5) is 0 Å². The molecule has 0 saturated carbocycles. The Morgan fingerprint density at radius 2 is 1.36 bits per heavy atom. The summed E-state index contributed by atoms with van der Waals surface area (Å²) in [5.41, 5.74) is 4.74. The molecule has 0 aliphatic heterocycles. The molecule has 0 aromatic heterocycles. The third kappa shape index (κ3) is 4.62.